The first kappa shape index (κ1) is 63.3. The highest BCUT2D eigenvalue weighted by Gasteiger charge is 2.17. The van der Waals surface area contributed by atoms with E-state index in [9.17, 15) is 9.59 Å². The molecule has 0 saturated carbocycles. The van der Waals surface area contributed by atoms with E-state index in [1.54, 1.807) is 0 Å². The van der Waals surface area contributed by atoms with Crippen LogP contribution >= 0.6 is 0 Å². The Morgan fingerprint density at radius 1 is 0.338 bits per heavy atom. The van der Waals surface area contributed by atoms with Crippen LogP contribution in [0.5, 0.6) is 0 Å². The first-order valence-electron chi connectivity index (χ1n) is 26.7. The fourth-order valence-corrected chi connectivity index (χ4v) is 6.42. The highest BCUT2D eigenvalue weighted by atomic mass is 16.6. The summed E-state index contributed by atoms with van der Waals surface area (Å²) in [6.45, 7) is 7.27. The van der Waals surface area contributed by atoms with Gasteiger partial charge in [0.05, 0.1) is 13.0 Å². The minimum atomic E-state index is -0.629. The summed E-state index contributed by atoms with van der Waals surface area (Å²) in [6, 6.07) is 0. The molecule has 0 aliphatic rings. The van der Waals surface area contributed by atoms with Crippen LogP contribution < -0.4 is 0 Å². The zero-order valence-corrected chi connectivity index (χ0v) is 43.3. The summed E-state index contributed by atoms with van der Waals surface area (Å²) in [5, 5.41) is 0. The van der Waals surface area contributed by atoms with Gasteiger partial charge in [0.1, 0.15) is 6.61 Å². The van der Waals surface area contributed by atoms with Crippen molar-refractivity contribution in [2.24, 2.45) is 0 Å². The average Bonchev–Trinajstić information content (AvgIpc) is 3.34. The monoisotopic (exact) mass is 933 g/mol. The molecule has 0 fully saturated rings. The van der Waals surface area contributed by atoms with Crippen molar-refractivity contribution < 1.29 is 23.8 Å². The van der Waals surface area contributed by atoms with Crippen LogP contribution in [0.15, 0.2) is 170 Å². The first-order chi connectivity index (χ1) is 33.6. The summed E-state index contributed by atoms with van der Waals surface area (Å²) in [5.74, 6) is -0.608. The van der Waals surface area contributed by atoms with Crippen LogP contribution in [0.3, 0.4) is 0 Å². The molecule has 0 rings (SSSR count). The molecule has 0 aromatic carbocycles. The van der Waals surface area contributed by atoms with Crippen molar-refractivity contribution in [3.63, 3.8) is 0 Å². The van der Waals surface area contributed by atoms with Gasteiger partial charge in [-0.2, -0.15) is 0 Å². The van der Waals surface area contributed by atoms with Gasteiger partial charge in [0.2, 0.25) is 0 Å². The molecule has 0 aliphatic heterocycles. The highest BCUT2D eigenvalue weighted by molar-refractivity contribution is 5.71. The van der Waals surface area contributed by atoms with Crippen LogP contribution in [0.1, 0.15) is 188 Å². The molecule has 0 spiro atoms. The fraction of sp³-hybridized carbons (Fsp3) is 0.524. The number of ether oxygens (including phenoxy) is 3. The van der Waals surface area contributed by atoms with Crippen LogP contribution in [-0.4, -0.2) is 37.9 Å². The molecule has 0 bridgehead atoms. The highest BCUT2D eigenvalue weighted by Crippen LogP contribution is 2.10. The molecule has 5 nitrogen and oxygen atoms in total. The Hall–Kier alpha value is -4.74. The van der Waals surface area contributed by atoms with Crippen molar-refractivity contribution in [1.29, 1.82) is 0 Å². The Labute approximate surface area is 417 Å². The lowest BCUT2D eigenvalue weighted by molar-refractivity contribution is -0.162. The van der Waals surface area contributed by atoms with E-state index in [2.05, 4.69) is 179 Å². The molecule has 378 valence electrons. The summed E-state index contributed by atoms with van der Waals surface area (Å²) < 4.78 is 17.3. The summed E-state index contributed by atoms with van der Waals surface area (Å²) in [4.78, 5) is 25.4. The van der Waals surface area contributed by atoms with E-state index in [1.807, 2.05) is 12.2 Å². The smallest absolute Gasteiger partial charge is 0.310 e. The third-order valence-electron chi connectivity index (χ3n) is 10.3. The van der Waals surface area contributed by atoms with E-state index >= 15 is 0 Å². The second kappa shape index (κ2) is 56.6. The SMILES string of the molecule is CC/C=C\C/C=C\C/C=C\C/C=C\C/C=C\CCCCCC(=O)OCC(COCCCCCCC/C=C\C/C=C\C/C=C\C/C=C\CC)OC(=O)C/C=C\C/C=C\C/C=C\C/C=C\C/C=C\CC. The van der Waals surface area contributed by atoms with Gasteiger partial charge >= 0.3 is 11.9 Å². The third-order valence-corrected chi connectivity index (χ3v) is 10.3. The largest absolute Gasteiger partial charge is 0.462 e. The lowest BCUT2D eigenvalue weighted by Gasteiger charge is -2.18. The number of rotatable bonds is 46. The van der Waals surface area contributed by atoms with Crippen molar-refractivity contribution >= 4 is 11.9 Å². The number of carbonyl (C=O) groups excluding carboxylic acids is 2. The van der Waals surface area contributed by atoms with Crippen LogP contribution in [0.25, 0.3) is 0 Å². The summed E-state index contributed by atoms with van der Waals surface area (Å²) in [5.41, 5.74) is 0. The van der Waals surface area contributed by atoms with E-state index < -0.39 is 6.10 Å². The predicted molar refractivity (Wildman–Crippen MR) is 297 cm³/mol. The van der Waals surface area contributed by atoms with Gasteiger partial charge in [0, 0.05) is 13.0 Å². The molecular weight excluding hydrogens is 837 g/mol. The van der Waals surface area contributed by atoms with Gasteiger partial charge in [-0.15, -0.1) is 0 Å². The molecule has 68 heavy (non-hydrogen) atoms. The quantitative estimate of drug-likeness (QED) is 0.0346. The van der Waals surface area contributed by atoms with Gasteiger partial charge in [-0.1, -0.05) is 217 Å². The summed E-state index contributed by atoms with van der Waals surface area (Å²) in [7, 11) is 0. The molecule has 0 aliphatic carbocycles. The molecule has 0 aromatic rings. The Bertz CT molecular complexity index is 1570. The lowest BCUT2D eigenvalue weighted by Crippen LogP contribution is -2.29. The van der Waals surface area contributed by atoms with Crippen LogP contribution in [-0.2, 0) is 23.8 Å². The Balaban J connectivity index is 4.53. The summed E-state index contributed by atoms with van der Waals surface area (Å²) in [6.07, 6.45) is 85.3. The molecule has 0 heterocycles. The van der Waals surface area contributed by atoms with Crippen molar-refractivity contribution in [1.82, 2.24) is 0 Å². The molecule has 0 radical (unpaired) electrons. The normalized spacial score (nSPS) is 13.6. The number of unbranched alkanes of at least 4 members (excludes halogenated alkanes) is 8. The minimum Gasteiger partial charge on any atom is -0.462 e. The standard InChI is InChI=1S/C63H96O5/c1-4-7-10-13-16-19-22-25-28-30-32-33-36-38-41-44-47-50-53-56-62(64)67-60-61(68-63(65)57-54-51-48-45-42-39-35-27-24-21-18-15-12-9-6-3)59-66-58-55-52-49-46-43-40-37-34-31-29-26-23-20-17-14-11-8-5-2/h7-12,16-21,25-29,32-35,37-38,41-42,45,51,54,61H,4-6,13-15,22-24,30-31,36,39-40,43-44,46-50,52-53,55-60H2,1-3H3/b10-7-,11-8-,12-9-,19-16-,20-17-,21-18-,28-25-,29-26-,33-32-,35-27-,37-34-,41-38-,45-42-,54-51-. The molecule has 1 unspecified atom stereocenters. The van der Waals surface area contributed by atoms with E-state index in [1.165, 1.54) is 19.3 Å². The lowest BCUT2D eigenvalue weighted by atomic mass is 10.1. The van der Waals surface area contributed by atoms with E-state index in [0.717, 1.165) is 135 Å². The molecule has 0 amide bonds. The van der Waals surface area contributed by atoms with Crippen molar-refractivity contribution in [3.05, 3.63) is 170 Å². The van der Waals surface area contributed by atoms with Crippen LogP contribution in [0.4, 0.5) is 0 Å². The maximum absolute atomic E-state index is 12.8. The van der Waals surface area contributed by atoms with Gasteiger partial charge in [0.25, 0.3) is 0 Å². The number of allylic oxidation sites excluding steroid dienone is 27. The van der Waals surface area contributed by atoms with Gasteiger partial charge in [0.15, 0.2) is 6.10 Å². The Morgan fingerprint density at radius 2 is 0.662 bits per heavy atom. The number of hydrogen-bond donors (Lipinski definition) is 0. The summed E-state index contributed by atoms with van der Waals surface area (Å²) >= 11 is 0. The fourth-order valence-electron chi connectivity index (χ4n) is 6.42. The Morgan fingerprint density at radius 3 is 1.06 bits per heavy atom. The van der Waals surface area contributed by atoms with E-state index in [0.29, 0.717) is 13.0 Å². The Kier molecular flexibility index (Phi) is 52.6. The molecule has 1 atom stereocenters. The van der Waals surface area contributed by atoms with Crippen molar-refractivity contribution in [2.75, 3.05) is 19.8 Å². The van der Waals surface area contributed by atoms with Crippen LogP contribution in [0.2, 0.25) is 0 Å². The maximum atomic E-state index is 12.8. The number of esters is 2. The first-order valence-corrected chi connectivity index (χ1v) is 26.7. The van der Waals surface area contributed by atoms with E-state index in [4.69, 9.17) is 14.2 Å². The molecule has 5 heteroatoms. The van der Waals surface area contributed by atoms with Crippen LogP contribution in [0, 0.1) is 0 Å². The molecule has 0 aromatic heterocycles. The minimum absolute atomic E-state index is 0.00751. The van der Waals surface area contributed by atoms with Gasteiger partial charge in [-0.25, -0.2) is 0 Å². The zero-order chi connectivity index (χ0) is 49.2. The van der Waals surface area contributed by atoms with Crippen molar-refractivity contribution in [3.8, 4) is 0 Å². The van der Waals surface area contributed by atoms with Gasteiger partial charge < -0.3 is 14.2 Å². The second-order valence-corrected chi connectivity index (χ2v) is 16.6. The van der Waals surface area contributed by atoms with Gasteiger partial charge in [-0.3, -0.25) is 9.59 Å². The maximum Gasteiger partial charge on any atom is 0.310 e. The predicted octanol–water partition coefficient (Wildman–Crippen LogP) is 18.4. The molecular formula is C63H96O5. The second-order valence-electron chi connectivity index (χ2n) is 16.6. The average molecular weight is 933 g/mol. The third kappa shape index (κ3) is 53.9. The van der Waals surface area contributed by atoms with Crippen molar-refractivity contribution in [2.45, 2.75) is 194 Å². The van der Waals surface area contributed by atoms with E-state index in [-0.39, 0.29) is 31.6 Å². The van der Waals surface area contributed by atoms with Gasteiger partial charge in [-0.05, 0) is 128 Å². The number of hydrogen-bond acceptors (Lipinski definition) is 5. The molecule has 0 N–H and O–H groups in total. The molecule has 0 saturated heterocycles. The zero-order valence-electron chi connectivity index (χ0n) is 43.3. The topological polar surface area (TPSA) is 61.8 Å². The number of carbonyl (C=O) groups is 2.